The minimum Gasteiger partial charge on any atom is -0.324 e. The lowest BCUT2D eigenvalue weighted by atomic mass is 10.0. The van der Waals surface area contributed by atoms with Gasteiger partial charge in [0.2, 0.25) is 0 Å². The van der Waals surface area contributed by atoms with Crippen molar-refractivity contribution in [2.45, 2.75) is 12.5 Å². The molecule has 2 heterocycles. The lowest BCUT2D eigenvalue weighted by molar-refractivity contribution is 0.707. The molecular formula is C13H11BrClN3S. The molecule has 0 spiro atoms. The van der Waals surface area contributed by atoms with Gasteiger partial charge in [0.15, 0.2) is 4.96 Å². The standard InChI is InChI=1S/C13H11BrClN3S/c14-11-2-1-8(15)5-10(11)12(16)6-9-7-18-3-4-19-13(18)17-9/h1-5,7,12H,6,16H2. The Morgan fingerprint density at radius 2 is 2.32 bits per heavy atom. The summed E-state index contributed by atoms with van der Waals surface area (Å²) in [5, 5.41) is 2.71. The molecule has 0 saturated heterocycles. The fourth-order valence-electron chi connectivity index (χ4n) is 2.01. The Kier molecular flexibility index (Phi) is 3.62. The molecule has 98 valence electrons. The van der Waals surface area contributed by atoms with E-state index in [2.05, 4.69) is 20.9 Å². The maximum absolute atomic E-state index is 6.25. The van der Waals surface area contributed by atoms with E-state index in [-0.39, 0.29) is 6.04 Å². The molecule has 2 N–H and O–H groups in total. The molecule has 6 heteroatoms. The van der Waals surface area contributed by atoms with Crippen molar-refractivity contribution in [2.24, 2.45) is 5.73 Å². The van der Waals surface area contributed by atoms with Crippen molar-refractivity contribution in [1.29, 1.82) is 0 Å². The molecule has 0 aliphatic rings. The van der Waals surface area contributed by atoms with Crippen LogP contribution in [0, 0.1) is 0 Å². The Morgan fingerprint density at radius 3 is 3.11 bits per heavy atom. The van der Waals surface area contributed by atoms with Crippen LogP contribution in [-0.4, -0.2) is 9.38 Å². The van der Waals surface area contributed by atoms with Crippen molar-refractivity contribution in [3.8, 4) is 0 Å². The lowest BCUT2D eigenvalue weighted by Crippen LogP contribution is -2.14. The molecule has 19 heavy (non-hydrogen) atoms. The number of imidazole rings is 1. The van der Waals surface area contributed by atoms with Crippen molar-refractivity contribution in [1.82, 2.24) is 9.38 Å². The summed E-state index contributed by atoms with van der Waals surface area (Å²) >= 11 is 11.1. The fourth-order valence-corrected chi connectivity index (χ4v) is 3.45. The molecule has 0 amide bonds. The third-order valence-electron chi connectivity index (χ3n) is 2.93. The molecule has 1 unspecified atom stereocenters. The molecule has 1 aromatic carbocycles. The average Bonchev–Trinajstić information content (AvgIpc) is 2.92. The average molecular weight is 357 g/mol. The molecule has 3 aromatic rings. The first-order valence-corrected chi connectivity index (χ1v) is 7.80. The fraction of sp³-hybridized carbons (Fsp3) is 0.154. The Hall–Kier alpha value is -0.880. The van der Waals surface area contributed by atoms with Crippen LogP contribution in [0.1, 0.15) is 17.3 Å². The molecule has 0 bridgehead atoms. The SMILES string of the molecule is NC(Cc1cn2ccsc2n1)c1cc(Cl)ccc1Br. The summed E-state index contributed by atoms with van der Waals surface area (Å²) < 4.78 is 2.99. The molecule has 2 aromatic heterocycles. The van der Waals surface area contributed by atoms with Gasteiger partial charge in [0.05, 0.1) is 5.69 Å². The quantitative estimate of drug-likeness (QED) is 0.769. The van der Waals surface area contributed by atoms with Crippen LogP contribution in [0.15, 0.2) is 40.4 Å². The number of nitrogens with zero attached hydrogens (tertiary/aromatic N) is 2. The van der Waals surface area contributed by atoms with Gasteiger partial charge in [-0.15, -0.1) is 11.3 Å². The van der Waals surface area contributed by atoms with Crippen molar-refractivity contribution >= 4 is 43.8 Å². The van der Waals surface area contributed by atoms with Crippen molar-refractivity contribution in [3.05, 3.63) is 56.7 Å². The highest BCUT2D eigenvalue weighted by Gasteiger charge is 2.13. The van der Waals surface area contributed by atoms with E-state index in [1.165, 1.54) is 0 Å². The second-order valence-corrected chi connectivity index (χ2v) is 6.47. The van der Waals surface area contributed by atoms with Gasteiger partial charge in [-0.25, -0.2) is 4.98 Å². The zero-order chi connectivity index (χ0) is 13.4. The number of aromatic nitrogens is 2. The number of fused-ring (bicyclic) bond motifs is 1. The highest BCUT2D eigenvalue weighted by atomic mass is 79.9. The Bertz CT molecular complexity index is 693. The monoisotopic (exact) mass is 355 g/mol. The van der Waals surface area contributed by atoms with Crippen molar-refractivity contribution in [2.75, 3.05) is 0 Å². The summed E-state index contributed by atoms with van der Waals surface area (Å²) in [6, 6.07) is 5.53. The van der Waals surface area contributed by atoms with E-state index in [1.807, 2.05) is 40.4 Å². The van der Waals surface area contributed by atoms with E-state index in [4.69, 9.17) is 17.3 Å². The molecule has 0 fully saturated rings. The highest BCUT2D eigenvalue weighted by molar-refractivity contribution is 9.10. The number of hydrogen-bond donors (Lipinski definition) is 1. The zero-order valence-corrected chi connectivity index (χ0v) is 13.0. The van der Waals surface area contributed by atoms with Gasteiger partial charge < -0.3 is 5.73 Å². The summed E-state index contributed by atoms with van der Waals surface area (Å²) in [7, 11) is 0. The van der Waals surface area contributed by atoms with Gasteiger partial charge in [-0.1, -0.05) is 27.5 Å². The molecule has 3 rings (SSSR count). The second kappa shape index (κ2) is 5.25. The van der Waals surface area contributed by atoms with Gasteiger partial charge in [0, 0.05) is 39.7 Å². The smallest absolute Gasteiger partial charge is 0.193 e. The van der Waals surface area contributed by atoms with Crippen LogP contribution in [-0.2, 0) is 6.42 Å². The van der Waals surface area contributed by atoms with E-state index in [0.717, 1.165) is 20.7 Å². The Labute approximate surface area is 128 Å². The number of thiazole rings is 1. The highest BCUT2D eigenvalue weighted by Crippen LogP contribution is 2.27. The summed E-state index contributed by atoms with van der Waals surface area (Å²) in [4.78, 5) is 5.54. The van der Waals surface area contributed by atoms with Crippen LogP contribution in [0.5, 0.6) is 0 Å². The second-order valence-electron chi connectivity index (χ2n) is 4.30. The largest absolute Gasteiger partial charge is 0.324 e. The van der Waals surface area contributed by atoms with Gasteiger partial charge >= 0.3 is 0 Å². The maximum Gasteiger partial charge on any atom is 0.193 e. The third kappa shape index (κ3) is 2.69. The number of halogens is 2. The number of rotatable bonds is 3. The molecule has 0 radical (unpaired) electrons. The molecule has 3 nitrogen and oxygen atoms in total. The van der Waals surface area contributed by atoms with Crippen LogP contribution >= 0.6 is 38.9 Å². The van der Waals surface area contributed by atoms with Crippen molar-refractivity contribution < 1.29 is 0 Å². The minimum atomic E-state index is -0.127. The molecule has 0 saturated carbocycles. The number of benzene rings is 1. The molecule has 0 aliphatic carbocycles. The van der Waals surface area contributed by atoms with Gasteiger partial charge in [-0.3, -0.25) is 4.40 Å². The van der Waals surface area contributed by atoms with E-state index >= 15 is 0 Å². The van der Waals surface area contributed by atoms with Gasteiger partial charge in [0.25, 0.3) is 0 Å². The van der Waals surface area contributed by atoms with Crippen molar-refractivity contribution in [3.63, 3.8) is 0 Å². The summed E-state index contributed by atoms with van der Waals surface area (Å²) in [5.74, 6) is 0. The zero-order valence-electron chi connectivity index (χ0n) is 9.88. The van der Waals surface area contributed by atoms with Gasteiger partial charge in [-0.2, -0.15) is 0 Å². The van der Waals surface area contributed by atoms with Crippen LogP contribution in [0.4, 0.5) is 0 Å². The predicted molar refractivity (Wildman–Crippen MR) is 82.9 cm³/mol. The predicted octanol–water partition coefficient (Wildman–Crippen LogP) is 4.05. The Morgan fingerprint density at radius 1 is 1.47 bits per heavy atom. The van der Waals surface area contributed by atoms with Crippen LogP contribution in [0.25, 0.3) is 4.96 Å². The van der Waals surface area contributed by atoms with Gasteiger partial charge in [0.1, 0.15) is 0 Å². The lowest BCUT2D eigenvalue weighted by Gasteiger charge is -2.13. The van der Waals surface area contributed by atoms with Crippen LogP contribution in [0.3, 0.4) is 0 Å². The van der Waals surface area contributed by atoms with Crippen LogP contribution in [0.2, 0.25) is 5.02 Å². The summed E-state index contributed by atoms with van der Waals surface area (Å²) in [6.07, 6.45) is 4.70. The van der Waals surface area contributed by atoms with E-state index in [9.17, 15) is 0 Å². The summed E-state index contributed by atoms with van der Waals surface area (Å²) in [6.45, 7) is 0. The first-order chi connectivity index (χ1) is 9.13. The molecule has 1 atom stereocenters. The normalized spacial score (nSPS) is 13.0. The minimum absolute atomic E-state index is 0.127. The van der Waals surface area contributed by atoms with Gasteiger partial charge in [-0.05, 0) is 23.8 Å². The third-order valence-corrected chi connectivity index (χ3v) is 4.66. The Balaban J connectivity index is 1.86. The van der Waals surface area contributed by atoms with E-state index in [1.54, 1.807) is 11.3 Å². The van der Waals surface area contributed by atoms with E-state index < -0.39 is 0 Å². The first-order valence-electron chi connectivity index (χ1n) is 5.75. The molecule has 0 aliphatic heterocycles. The number of hydrogen-bond acceptors (Lipinski definition) is 3. The van der Waals surface area contributed by atoms with E-state index in [0.29, 0.717) is 11.4 Å². The van der Waals surface area contributed by atoms with Crippen LogP contribution < -0.4 is 5.73 Å². The first kappa shape index (κ1) is 13.1. The summed E-state index contributed by atoms with van der Waals surface area (Å²) in [5.41, 5.74) is 8.25. The number of nitrogens with two attached hydrogens (primary N) is 1. The topological polar surface area (TPSA) is 43.3 Å². The molecular weight excluding hydrogens is 346 g/mol. The maximum atomic E-state index is 6.25.